The summed E-state index contributed by atoms with van der Waals surface area (Å²) in [6, 6.07) is 0. The van der Waals surface area contributed by atoms with Gasteiger partial charge in [-0.15, -0.1) is 0 Å². The molecule has 6 nitrogen and oxygen atoms in total. The van der Waals surface area contributed by atoms with Crippen molar-refractivity contribution < 1.29 is 24.2 Å². The van der Waals surface area contributed by atoms with E-state index in [1.807, 2.05) is 0 Å². The molecule has 1 N–H and O–H groups in total. The number of carboxylic acid groups (broad SMARTS) is 1. The highest BCUT2D eigenvalue weighted by molar-refractivity contribution is 5.77. The quantitative estimate of drug-likeness (QED) is 0.674. The second-order valence-electron chi connectivity index (χ2n) is 4.34. The van der Waals surface area contributed by atoms with Crippen LogP contribution in [-0.4, -0.2) is 60.9 Å². The first kappa shape index (κ1) is 14.9. The second kappa shape index (κ2) is 8.05. The zero-order valence-electron chi connectivity index (χ0n) is 10.8. The predicted molar refractivity (Wildman–Crippen MR) is 64.3 cm³/mol. The standard InChI is InChI=1S/C12H21NO5/c1-2-3-5-17-9-11(14)13-4-6-18-10(8-13)7-12(15)16/h10H,2-9H2,1H3,(H,15,16). The number of carboxylic acids is 1. The van der Waals surface area contributed by atoms with Gasteiger partial charge in [0.1, 0.15) is 6.61 Å². The topological polar surface area (TPSA) is 76.1 Å². The molecular weight excluding hydrogens is 238 g/mol. The Morgan fingerprint density at radius 3 is 2.94 bits per heavy atom. The van der Waals surface area contributed by atoms with E-state index in [0.717, 1.165) is 12.8 Å². The van der Waals surface area contributed by atoms with Crippen molar-refractivity contribution in [1.29, 1.82) is 0 Å². The number of hydrogen-bond acceptors (Lipinski definition) is 4. The maximum absolute atomic E-state index is 11.8. The van der Waals surface area contributed by atoms with Gasteiger partial charge in [-0.1, -0.05) is 13.3 Å². The predicted octanol–water partition coefficient (Wildman–Crippen LogP) is 0.505. The normalized spacial score (nSPS) is 19.8. The average molecular weight is 259 g/mol. The molecule has 1 unspecified atom stereocenters. The minimum atomic E-state index is -0.909. The monoisotopic (exact) mass is 259 g/mol. The van der Waals surface area contributed by atoms with Gasteiger partial charge < -0.3 is 19.5 Å². The fourth-order valence-electron chi connectivity index (χ4n) is 1.76. The third kappa shape index (κ3) is 5.46. The maximum Gasteiger partial charge on any atom is 0.306 e. The Hall–Kier alpha value is -1.14. The SMILES string of the molecule is CCCCOCC(=O)N1CCOC(CC(=O)O)C1. The number of carbonyl (C=O) groups is 2. The molecule has 1 saturated heterocycles. The summed E-state index contributed by atoms with van der Waals surface area (Å²) in [6.45, 7) is 3.95. The van der Waals surface area contributed by atoms with E-state index < -0.39 is 12.1 Å². The summed E-state index contributed by atoms with van der Waals surface area (Å²) in [4.78, 5) is 24.0. The van der Waals surface area contributed by atoms with Gasteiger partial charge in [-0.2, -0.15) is 0 Å². The molecule has 1 amide bonds. The van der Waals surface area contributed by atoms with Crippen molar-refractivity contribution in [3.8, 4) is 0 Å². The second-order valence-corrected chi connectivity index (χ2v) is 4.34. The number of carbonyl (C=O) groups excluding carboxylic acids is 1. The molecule has 0 aromatic rings. The molecule has 6 heteroatoms. The summed E-state index contributed by atoms with van der Waals surface area (Å²) in [5, 5.41) is 8.68. The highest BCUT2D eigenvalue weighted by Crippen LogP contribution is 2.09. The van der Waals surface area contributed by atoms with Gasteiger partial charge in [0.15, 0.2) is 0 Å². The minimum Gasteiger partial charge on any atom is -0.481 e. The van der Waals surface area contributed by atoms with Crippen molar-refractivity contribution in [3.05, 3.63) is 0 Å². The number of morpholine rings is 1. The number of rotatable bonds is 7. The molecule has 1 fully saturated rings. The molecule has 18 heavy (non-hydrogen) atoms. The van der Waals surface area contributed by atoms with Crippen LogP contribution in [0.2, 0.25) is 0 Å². The highest BCUT2D eigenvalue weighted by Gasteiger charge is 2.25. The van der Waals surface area contributed by atoms with Crippen LogP contribution in [0.1, 0.15) is 26.2 Å². The number of aliphatic carboxylic acids is 1. The highest BCUT2D eigenvalue weighted by atomic mass is 16.5. The number of ether oxygens (including phenoxy) is 2. The minimum absolute atomic E-state index is 0.0690. The fraction of sp³-hybridized carbons (Fsp3) is 0.833. The number of hydrogen-bond donors (Lipinski definition) is 1. The summed E-state index contributed by atoms with van der Waals surface area (Å²) >= 11 is 0. The van der Waals surface area contributed by atoms with Crippen LogP contribution in [0.4, 0.5) is 0 Å². The largest absolute Gasteiger partial charge is 0.481 e. The van der Waals surface area contributed by atoms with Crippen molar-refractivity contribution in [2.24, 2.45) is 0 Å². The summed E-state index contributed by atoms with van der Waals surface area (Å²) in [5.74, 6) is -1.00. The van der Waals surface area contributed by atoms with E-state index in [0.29, 0.717) is 26.3 Å². The number of nitrogens with zero attached hydrogens (tertiary/aromatic N) is 1. The van der Waals surface area contributed by atoms with Crippen LogP contribution >= 0.6 is 0 Å². The zero-order valence-corrected chi connectivity index (χ0v) is 10.8. The van der Waals surface area contributed by atoms with Gasteiger partial charge in [0.25, 0.3) is 0 Å². The van der Waals surface area contributed by atoms with Gasteiger partial charge in [-0.3, -0.25) is 9.59 Å². The smallest absolute Gasteiger partial charge is 0.306 e. The van der Waals surface area contributed by atoms with Crippen molar-refractivity contribution >= 4 is 11.9 Å². The van der Waals surface area contributed by atoms with Gasteiger partial charge >= 0.3 is 5.97 Å². The summed E-state index contributed by atoms with van der Waals surface area (Å²) in [6.07, 6.45) is 1.50. The van der Waals surface area contributed by atoms with E-state index in [1.54, 1.807) is 4.90 Å². The van der Waals surface area contributed by atoms with E-state index in [1.165, 1.54) is 0 Å². The molecule has 0 aromatic carbocycles. The number of amides is 1. The summed E-state index contributed by atoms with van der Waals surface area (Å²) < 4.78 is 10.6. The van der Waals surface area contributed by atoms with Crippen LogP contribution in [0.3, 0.4) is 0 Å². The Morgan fingerprint density at radius 2 is 2.28 bits per heavy atom. The zero-order chi connectivity index (χ0) is 13.4. The van der Waals surface area contributed by atoms with E-state index in [4.69, 9.17) is 14.6 Å². The molecule has 0 aliphatic carbocycles. The van der Waals surface area contributed by atoms with Crippen LogP contribution in [0.25, 0.3) is 0 Å². The van der Waals surface area contributed by atoms with E-state index in [9.17, 15) is 9.59 Å². The lowest BCUT2D eigenvalue weighted by Gasteiger charge is -2.32. The molecule has 1 aliphatic heterocycles. The van der Waals surface area contributed by atoms with Crippen molar-refractivity contribution in [3.63, 3.8) is 0 Å². The van der Waals surface area contributed by atoms with E-state index in [2.05, 4.69) is 6.92 Å². The van der Waals surface area contributed by atoms with Crippen LogP contribution < -0.4 is 0 Å². The lowest BCUT2D eigenvalue weighted by atomic mass is 10.2. The Bertz CT molecular complexity index is 282. The molecule has 1 rings (SSSR count). The van der Waals surface area contributed by atoms with Crippen LogP contribution in [0, 0.1) is 0 Å². The van der Waals surface area contributed by atoms with Crippen LogP contribution in [0.15, 0.2) is 0 Å². The first-order valence-electron chi connectivity index (χ1n) is 6.32. The molecular formula is C12H21NO5. The molecule has 1 aliphatic rings. The first-order valence-corrected chi connectivity index (χ1v) is 6.32. The lowest BCUT2D eigenvalue weighted by molar-refractivity contribution is -0.150. The van der Waals surface area contributed by atoms with Gasteiger partial charge in [0, 0.05) is 19.7 Å². The lowest BCUT2D eigenvalue weighted by Crippen LogP contribution is -2.47. The molecule has 1 atom stereocenters. The number of unbranched alkanes of at least 4 members (excludes halogenated alkanes) is 1. The molecule has 0 saturated carbocycles. The average Bonchev–Trinajstić information content (AvgIpc) is 2.34. The van der Waals surface area contributed by atoms with Crippen molar-refractivity contribution in [1.82, 2.24) is 4.90 Å². The third-order valence-corrected chi connectivity index (χ3v) is 2.76. The van der Waals surface area contributed by atoms with Crippen LogP contribution in [-0.2, 0) is 19.1 Å². The third-order valence-electron chi connectivity index (χ3n) is 2.76. The Balaban J connectivity index is 2.27. The molecule has 0 spiro atoms. The first-order chi connectivity index (χ1) is 8.63. The Labute approximate surface area is 107 Å². The molecule has 0 radical (unpaired) electrons. The Kier molecular flexibility index (Phi) is 6.67. The van der Waals surface area contributed by atoms with Crippen molar-refractivity contribution in [2.45, 2.75) is 32.3 Å². The molecule has 0 aromatic heterocycles. The summed E-state index contributed by atoms with van der Waals surface area (Å²) in [7, 11) is 0. The Morgan fingerprint density at radius 1 is 1.50 bits per heavy atom. The van der Waals surface area contributed by atoms with Gasteiger partial charge in [0.2, 0.25) is 5.91 Å². The maximum atomic E-state index is 11.8. The van der Waals surface area contributed by atoms with E-state index in [-0.39, 0.29) is 18.9 Å². The molecule has 0 bridgehead atoms. The van der Waals surface area contributed by atoms with E-state index >= 15 is 0 Å². The summed E-state index contributed by atoms with van der Waals surface area (Å²) in [5.41, 5.74) is 0. The van der Waals surface area contributed by atoms with Crippen LogP contribution in [0.5, 0.6) is 0 Å². The van der Waals surface area contributed by atoms with Gasteiger partial charge in [-0.25, -0.2) is 0 Å². The molecule has 104 valence electrons. The van der Waals surface area contributed by atoms with Crippen molar-refractivity contribution in [2.75, 3.05) is 32.9 Å². The van der Waals surface area contributed by atoms with Gasteiger partial charge in [-0.05, 0) is 6.42 Å². The van der Waals surface area contributed by atoms with Gasteiger partial charge in [0.05, 0.1) is 19.1 Å². The molecule has 1 heterocycles. The fourth-order valence-corrected chi connectivity index (χ4v) is 1.76.